The van der Waals surface area contributed by atoms with E-state index in [0.717, 1.165) is 17.6 Å². The maximum absolute atomic E-state index is 9.85. The van der Waals surface area contributed by atoms with Crippen LogP contribution >= 0.6 is 0 Å². The highest BCUT2D eigenvalue weighted by molar-refractivity contribution is 5.51. The van der Waals surface area contributed by atoms with Crippen molar-refractivity contribution in [2.75, 3.05) is 14.2 Å². The van der Waals surface area contributed by atoms with Gasteiger partial charge in [0, 0.05) is 18.2 Å². The minimum absolute atomic E-state index is 0.0741. The van der Waals surface area contributed by atoms with Crippen molar-refractivity contribution in [1.82, 2.24) is 4.90 Å². The number of rotatable bonds is 3. The molecule has 0 saturated heterocycles. The number of fused-ring (bicyclic) bond motifs is 1. The molecule has 1 aliphatic heterocycles. The quantitative estimate of drug-likeness (QED) is 0.658. The average molecular weight is 275 g/mol. The molecule has 0 aliphatic carbocycles. The second-order valence-corrected chi connectivity index (χ2v) is 5.27. The normalized spacial score (nSPS) is 19.6. The van der Waals surface area contributed by atoms with E-state index >= 15 is 0 Å². The number of hydrogen-bond acceptors (Lipinski definition) is 4. The Morgan fingerprint density at radius 3 is 2.80 bits per heavy atom. The number of likely N-dealkylation sites (N-methyl/N-ethyl adjacent to an activating group) is 1. The molecule has 0 saturated carbocycles. The third-order valence-electron chi connectivity index (χ3n) is 3.81. The van der Waals surface area contributed by atoms with Crippen LogP contribution in [-0.4, -0.2) is 35.3 Å². The summed E-state index contributed by atoms with van der Waals surface area (Å²) in [5.74, 6) is 0.806. The molecule has 0 radical (unpaired) electrons. The molecular formula is C16H21NO3. The lowest BCUT2D eigenvalue weighted by molar-refractivity contribution is 0.236. The van der Waals surface area contributed by atoms with Gasteiger partial charge in [-0.1, -0.05) is 18.2 Å². The molecule has 2 N–H and O–H groups in total. The molecule has 0 fully saturated rings. The van der Waals surface area contributed by atoms with Gasteiger partial charge >= 0.3 is 0 Å². The summed E-state index contributed by atoms with van der Waals surface area (Å²) in [7, 11) is 3.59. The van der Waals surface area contributed by atoms with Crippen LogP contribution in [-0.2, 0) is 13.0 Å². The molecule has 108 valence electrons. The summed E-state index contributed by atoms with van der Waals surface area (Å²) in [6, 6.07) is 3.82. The van der Waals surface area contributed by atoms with Gasteiger partial charge in [0.25, 0.3) is 0 Å². The summed E-state index contributed by atoms with van der Waals surface area (Å²) in [5.41, 5.74) is 3.26. The van der Waals surface area contributed by atoms with Gasteiger partial charge in [-0.25, -0.2) is 0 Å². The number of aliphatic hydroxyl groups excluding tert-OH is 1. The first-order chi connectivity index (χ1) is 9.43. The van der Waals surface area contributed by atoms with Crippen LogP contribution in [0.2, 0.25) is 0 Å². The first-order valence-corrected chi connectivity index (χ1v) is 6.58. The predicted octanol–water partition coefficient (Wildman–Crippen LogP) is 2.78. The topological polar surface area (TPSA) is 52.9 Å². The number of ether oxygens (including phenoxy) is 1. The van der Waals surface area contributed by atoms with Gasteiger partial charge in [0.1, 0.15) is 5.76 Å². The van der Waals surface area contributed by atoms with Gasteiger partial charge in [0.15, 0.2) is 11.5 Å². The largest absolute Gasteiger partial charge is 0.509 e. The van der Waals surface area contributed by atoms with Gasteiger partial charge in [-0.2, -0.15) is 0 Å². The minimum atomic E-state index is 0.0741. The van der Waals surface area contributed by atoms with Crippen molar-refractivity contribution < 1.29 is 14.9 Å². The first-order valence-electron chi connectivity index (χ1n) is 6.58. The molecule has 1 aromatic rings. The lowest BCUT2D eigenvalue weighted by atomic mass is 9.89. The molecule has 4 nitrogen and oxygen atoms in total. The SMILES string of the molecule is C=C(O)/C=C(\C)[C@@H]1Cc2ccc(O)c(OC)c2CN1C. The predicted molar refractivity (Wildman–Crippen MR) is 79.1 cm³/mol. The fourth-order valence-electron chi connectivity index (χ4n) is 2.84. The van der Waals surface area contributed by atoms with Crippen LogP contribution in [0.25, 0.3) is 0 Å². The zero-order valence-electron chi connectivity index (χ0n) is 12.2. The Hall–Kier alpha value is -1.94. The van der Waals surface area contributed by atoms with Crippen molar-refractivity contribution in [2.45, 2.75) is 25.9 Å². The highest BCUT2D eigenvalue weighted by Gasteiger charge is 2.27. The van der Waals surface area contributed by atoms with E-state index in [2.05, 4.69) is 11.5 Å². The van der Waals surface area contributed by atoms with Gasteiger partial charge in [-0.05, 0) is 38.1 Å². The number of nitrogens with zero attached hydrogens (tertiary/aromatic N) is 1. The highest BCUT2D eigenvalue weighted by atomic mass is 16.5. The third-order valence-corrected chi connectivity index (χ3v) is 3.81. The van der Waals surface area contributed by atoms with E-state index in [1.165, 1.54) is 5.56 Å². The van der Waals surface area contributed by atoms with Crippen LogP contribution in [0.1, 0.15) is 18.1 Å². The Morgan fingerprint density at radius 2 is 2.20 bits per heavy atom. The molecule has 1 aromatic carbocycles. The summed E-state index contributed by atoms with van der Waals surface area (Å²) in [4.78, 5) is 2.18. The number of aliphatic hydroxyl groups is 1. The van der Waals surface area contributed by atoms with E-state index in [4.69, 9.17) is 4.74 Å². The van der Waals surface area contributed by atoms with Crippen molar-refractivity contribution in [3.63, 3.8) is 0 Å². The van der Waals surface area contributed by atoms with Crippen molar-refractivity contribution >= 4 is 0 Å². The summed E-state index contributed by atoms with van der Waals surface area (Å²) < 4.78 is 5.31. The maximum Gasteiger partial charge on any atom is 0.165 e. The lowest BCUT2D eigenvalue weighted by Crippen LogP contribution is -2.38. The number of allylic oxidation sites excluding steroid dienone is 1. The molecule has 0 aromatic heterocycles. The van der Waals surface area contributed by atoms with E-state index in [1.807, 2.05) is 20.0 Å². The summed E-state index contributed by atoms with van der Waals surface area (Å²) in [6.07, 6.45) is 2.52. The van der Waals surface area contributed by atoms with Crippen LogP contribution in [0.15, 0.2) is 36.1 Å². The number of methoxy groups -OCH3 is 1. The molecule has 2 rings (SSSR count). The van der Waals surface area contributed by atoms with Gasteiger partial charge in [0.05, 0.1) is 7.11 Å². The van der Waals surface area contributed by atoms with E-state index in [-0.39, 0.29) is 17.6 Å². The van der Waals surface area contributed by atoms with Gasteiger partial charge in [-0.15, -0.1) is 0 Å². The van der Waals surface area contributed by atoms with Crippen LogP contribution < -0.4 is 4.74 Å². The molecular weight excluding hydrogens is 254 g/mol. The number of aromatic hydroxyl groups is 1. The number of benzene rings is 1. The van der Waals surface area contributed by atoms with E-state index in [0.29, 0.717) is 12.3 Å². The standard InChI is InChI=1S/C16H21NO3/c1-10(7-11(2)18)14-8-12-5-6-15(19)16(20-4)13(12)9-17(14)3/h5-7,14,18-19H,2,8-9H2,1,3-4H3/b10-7+/t14-/m0/s1. The van der Waals surface area contributed by atoms with Crippen molar-refractivity contribution in [3.05, 3.63) is 47.2 Å². The van der Waals surface area contributed by atoms with Gasteiger partial charge in [0.2, 0.25) is 0 Å². The number of phenols is 1. The van der Waals surface area contributed by atoms with Crippen LogP contribution in [0.5, 0.6) is 11.5 Å². The summed E-state index contributed by atoms with van der Waals surface area (Å²) >= 11 is 0. The molecule has 4 heteroatoms. The number of phenolic OH excluding ortho intramolecular Hbond substituents is 1. The third kappa shape index (κ3) is 2.65. The minimum Gasteiger partial charge on any atom is -0.509 e. The Labute approximate surface area is 119 Å². The molecule has 0 bridgehead atoms. The lowest BCUT2D eigenvalue weighted by Gasteiger charge is -2.35. The zero-order chi connectivity index (χ0) is 14.9. The van der Waals surface area contributed by atoms with Crippen molar-refractivity contribution in [1.29, 1.82) is 0 Å². The van der Waals surface area contributed by atoms with E-state index in [1.54, 1.807) is 19.3 Å². The number of hydrogen-bond donors (Lipinski definition) is 2. The first kappa shape index (κ1) is 14.5. The molecule has 1 heterocycles. The molecule has 0 spiro atoms. The smallest absolute Gasteiger partial charge is 0.165 e. The van der Waals surface area contributed by atoms with Crippen LogP contribution in [0, 0.1) is 0 Å². The maximum atomic E-state index is 9.85. The molecule has 1 aliphatic rings. The summed E-state index contributed by atoms with van der Waals surface area (Å²) in [6.45, 7) is 6.19. The fourth-order valence-corrected chi connectivity index (χ4v) is 2.84. The Morgan fingerprint density at radius 1 is 1.50 bits per heavy atom. The Kier molecular flexibility index (Phi) is 4.04. The van der Waals surface area contributed by atoms with Crippen LogP contribution in [0.4, 0.5) is 0 Å². The zero-order valence-corrected chi connectivity index (χ0v) is 12.2. The van der Waals surface area contributed by atoms with Crippen LogP contribution in [0.3, 0.4) is 0 Å². The molecule has 20 heavy (non-hydrogen) atoms. The Bertz CT molecular complexity index is 563. The second kappa shape index (κ2) is 5.59. The highest BCUT2D eigenvalue weighted by Crippen LogP contribution is 2.37. The average Bonchev–Trinajstić information content (AvgIpc) is 2.37. The summed E-state index contributed by atoms with van der Waals surface area (Å²) in [5, 5.41) is 19.2. The molecule has 0 amide bonds. The Balaban J connectivity index is 2.37. The second-order valence-electron chi connectivity index (χ2n) is 5.27. The van der Waals surface area contributed by atoms with Crippen molar-refractivity contribution in [2.24, 2.45) is 0 Å². The van der Waals surface area contributed by atoms with Gasteiger partial charge < -0.3 is 14.9 Å². The van der Waals surface area contributed by atoms with Gasteiger partial charge in [-0.3, -0.25) is 4.90 Å². The van der Waals surface area contributed by atoms with Crippen molar-refractivity contribution in [3.8, 4) is 11.5 Å². The monoisotopic (exact) mass is 275 g/mol. The van der Waals surface area contributed by atoms with E-state index < -0.39 is 0 Å². The van der Waals surface area contributed by atoms with E-state index in [9.17, 15) is 10.2 Å². The fraction of sp³-hybridized carbons (Fsp3) is 0.375. The molecule has 0 unspecified atom stereocenters. The molecule has 1 atom stereocenters.